The molecule has 27 heavy (non-hydrogen) atoms. The van der Waals surface area contributed by atoms with Crippen LogP contribution in [0.25, 0.3) is 0 Å². The van der Waals surface area contributed by atoms with E-state index in [-0.39, 0.29) is 37.3 Å². The summed E-state index contributed by atoms with van der Waals surface area (Å²) in [6.45, 7) is 3.35. The molecule has 0 spiro atoms. The fraction of sp³-hybridized carbons (Fsp3) is 0.444. The lowest BCUT2D eigenvalue weighted by molar-refractivity contribution is -0.173. The van der Waals surface area contributed by atoms with E-state index < -0.39 is 18.6 Å². The van der Waals surface area contributed by atoms with Crippen molar-refractivity contribution in [1.82, 2.24) is 10.6 Å². The molecule has 0 fully saturated rings. The van der Waals surface area contributed by atoms with Crippen molar-refractivity contribution < 1.29 is 31.9 Å². The third-order valence-electron chi connectivity index (χ3n) is 3.97. The summed E-state index contributed by atoms with van der Waals surface area (Å²) < 4.78 is 54.6. The molecule has 0 bridgehead atoms. The lowest BCUT2D eigenvalue weighted by Gasteiger charge is -2.32. The van der Waals surface area contributed by atoms with Crippen molar-refractivity contribution in [2.75, 3.05) is 19.7 Å². The number of fused-ring (bicyclic) bond motifs is 1. The van der Waals surface area contributed by atoms with Gasteiger partial charge in [-0.15, -0.1) is 0 Å². The molecule has 1 aromatic rings. The van der Waals surface area contributed by atoms with E-state index in [4.69, 9.17) is 4.74 Å². The number of amides is 2. The lowest BCUT2D eigenvalue weighted by Crippen LogP contribution is -2.43. The van der Waals surface area contributed by atoms with Crippen LogP contribution >= 0.6 is 0 Å². The van der Waals surface area contributed by atoms with Gasteiger partial charge in [-0.05, 0) is 23.8 Å². The topological polar surface area (TPSA) is 67.4 Å². The minimum Gasteiger partial charge on any atom is -0.489 e. The molecule has 2 amide bonds. The van der Waals surface area contributed by atoms with Gasteiger partial charge in [-0.3, -0.25) is 9.59 Å². The lowest BCUT2D eigenvalue weighted by atomic mass is 9.79. The number of carbonyl (C=O) groups excluding carboxylic acids is 2. The number of benzene rings is 1. The number of ether oxygens (including phenoxy) is 1. The molecular weight excluding hydrogens is 368 g/mol. The number of rotatable bonds is 5. The smallest absolute Gasteiger partial charge is 0.471 e. The van der Waals surface area contributed by atoms with Crippen LogP contribution in [0.2, 0.25) is 0 Å². The molecule has 0 atom stereocenters. The van der Waals surface area contributed by atoms with Gasteiger partial charge >= 0.3 is 12.1 Å². The quantitative estimate of drug-likeness (QED) is 0.759. The van der Waals surface area contributed by atoms with Crippen LogP contribution in [0, 0.1) is 0 Å². The van der Waals surface area contributed by atoms with E-state index in [2.05, 4.69) is 5.32 Å². The second kappa shape index (κ2) is 8.41. The minimum absolute atomic E-state index is 0. The number of nitrogens with one attached hydrogen (secondary N) is 2. The Morgan fingerprint density at radius 3 is 2.63 bits per heavy atom. The predicted molar refractivity (Wildman–Crippen MR) is 92.3 cm³/mol. The van der Waals surface area contributed by atoms with Gasteiger partial charge in [-0.2, -0.15) is 13.2 Å². The Labute approximate surface area is 154 Å². The summed E-state index contributed by atoms with van der Waals surface area (Å²) in [4.78, 5) is 22.6. The molecule has 1 aromatic carbocycles. The van der Waals surface area contributed by atoms with Crippen LogP contribution in [0.4, 0.5) is 17.6 Å². The van der Waals surface area contributed by atoms with Gasteiger partial charge in [0.25, 0.3) is 5.91 Å². The Bertz CT molecular complexity index is 743. The van der Waals surface area contributed by atoms with Crippen LogP contribution in [0.15, 0.2) is 30.1 Å². The standard InChI is InChI=1S/C17H18F4N2O3.CH4/c1-16(2)9-23-14(24)12-4-3-11(5-13(12)16)26-8-10(6-18)7-22-15(25)17(19,20)21;/h3-6H,7-9H2,1-2H3,(H,22,25)(H,23,24);1H4/b10-6+;. The summed E-state index contributed by atoms with van der Waals surface area (Å²) in [7, 11) is 0. The van der Waals surface area contributed by atoms with E-state index in [0.717, 1.165) is 5.56 Å². The van der Waals surface area contributed by atoms with Crippen molar-refractivity contribution in [2.45, 2.75) is 32.9 Å². The maximum absolute atomic E-state index is 12.8. The maximum Gasteiger partial charge on any atom is 0.471 e. The van der Waals surface area contributed by atoms with Gasteiger partial charge in [-0.1, -0.05) is 21.3 Å². The molecule has 1 aliphatic heterocycles. The number of hydrogen-bond donors (Lipinski definition) is 2. The highest BCUT2D eigenvalue weighted by molar-refractivity contribution is 5.97. The highest BCUT2D eigenvalue weighted by atomic mass is 19.4. The molecule has 2 rings (SSSR count). The Morgan fingerprint density at radius 1 is 1.37 bits per heavy atom. The Balaban J connectivity index is 0.00000364. The van der Waals surface area contributed by atoms with E-state index in [1.54, 1.807) is 17.4 Å². The molecule has 0 saturated heterocycles. The zero-order valence-electron chi connectivity index (χ0n) is 14.2. The van der Waals surface area contributed by atoms with Crippen molar-refractivity contribution in [1.29, 1.82) is 0 Å². The largest absolute Gasteiger partial charge is 0.489 e. The molecule has 0 saturated carbocycles. The van der Waals surface area contributed by atoms with E-state index in [9.17, 15) is 27.2 Å². The molecule has 0 aromatic heterocycles. The first-order valence-electron chi connectivity index (χ1n) is 7.73. The monoisotopic (exact) mass is 390 g/mol. The first-order chi connectivity index (χ1) is 12.0. The van der Waals surface area contributed by atoms with Gasteiger partial charge in [0.15, 0.2) is 0 Å². The molecular formula is C18H22F4N2O3. The van der Waals surface area contributed by atoms with Gasteiger partial charge < -0.3 is 15.4 Å². The fourth-order valence-corrected chi connectivity index (χ4v) is 2.45. The SMILES string of the molecule is C.CC1(C)CNC(=O)c2ccc(OC/C(=C/F)CNC(=O)C(F)(F)F)cc21. The number of halogens is 4. The van der Waals surface area contributed by atoms with Crippen LogP contribution in [0.5, 0.6) is 5.75 Å². The zero-order chi connectivity index (χ0) is 19.5. The zero-order valence-corrected chi connectivity index (χ0v) is 14.2. The van der Waals surface area contributed by atoms with Crippen molar-refractivity contribution in [3.8, 4) is 5.75 Å². The van der Waals surface area contributed by atoms with Crippen LogP contribution < -0.4 is 15.4 Å². The Morgan fingerprint density at radius 2 is 2.04 bits per heavy atom. The van der Waals surface area contributed by atoms with Crippen LogP contribution in [-0.4, -0.2) is 37.7 Å². The minimum atomic E-state index is -5.03. The normalized spacial score (nSPS) is 15.9. The summed E-state index contributed by atoms with van der Waals surface area (Å²) in [5, 5.41) is 4.35. The number of hydrogen-bond acceptors (Lipinski definition) is 3. The molecule has 150 valence electrons. The van der Waals surface area contributed by atoms with Gasteiger partial charge in [0.1, 0.15) is 12.4 Å². The summed E-state index contributed by atoms with van der Waals surface area (Å²) >= 11 is 0. The van der Waals surface area contributed by atoms with Gasteiger partial charge in [0.2, 0.25) is 0 Å². The highest BCUT2D eigenvalue weighted by Crippen LogP contribution is 2.32. The molecule has 1 aliphatic rings. The molecule has 2 N–H and O–H groups in total. The molecule has 0 radical (unpaired) electrons. The van der Waals surface area contributed by atoms with E-state index in [1.807, 2.05) is 13.8 Å². The van der Waals surface area contributed by atoms with Crippen LogP contribution in [-0.2, 0) is 10.2 Å². The second-order valence-electron chi connectivity index (χ2n) is 6.51. The third kappa shape index (κ3) is 5.45. The second-order valence-corrected chi connectivity index (χ2v) is 6.51. The molecule has 0 unspecified atom stereocenters. The van der Waals surface area contributed by atoms with E-state index >= 15 is 0 Å². The van der Waals surface area contributed by atoms with Crippen molar-refractivity contribution >= 4 is 11.8 Å². The van der Waals surface area contributed by atoms with Crippen LogP contribution in [0.3, 0.4) is 0 Å². The molecule has 0 aliphatic carbocycles. The van der Waals surface area contributed by atoms with Crippen molar-refractivity contribution in [3.05, 3.63) is 41.2 Å². The maximum atomic E-state index is 12.8. The average molecular weight is 390 g/mol. The van der Waals surface area contributed by atoms with Gasteiger partial charge in [-0.25, -0.2) is 4.39 Å². The highest BCUT2D eigenvalue weighted by Gasteiger charge is 2.38. The van der Waals surface area contributed by atoms with Gasteiger partial charge in [0, 0.05) is 29.6 Å². The summed E-state index contributed by atoms with van der Waals surface area (Å²) in [5.74, 6) is -2.02. The predicted octanol–water partition coefficient (Wildman–Crippen LogP) is 3.25. The van der Waals surface area contributed by atoms with Gasteiger partial charge in [0.05, 0.1) is 6.33 Å². The Kier molecular flexibility index (Phi) is 6.99. The summed E-state index contributed by atoms with van der Waals surface area (Å²) in [6.07, 6.45) is -4.95. The fourth-order valence-electron chi connectivity index (χ4n) is 2.45. The number of alkyl halides is 3. The third-order valence-corrected chi connectivity index (χ3v) is 3.97. The summed E-state index contributed by atoms with van der Waals surface area (Å²) in [5.41, 5.74) is 0.765. The van der Waals surface area contributed by atoms with E-state index in [1.165, 1.54) is 6.07 Å². The van der Waals surface area contributed by atoms with Crippen molar-refractivity contribution in [2.24, 2.45) is 0 Å². The van der Waals surface area contributed by atoms with E-state index in [0.29, 0.717) is 17.9 Å². The Hall–Kier alpha value is -2.58. The van der Waals surface area contributed by atoms with Crippen molar-refractivity contribution in [3.63, 3.8) is 0 Å². The van der Waals surface area contributed by atoms with Crippen LogP contribution in [0.1, 0.15) is 37.2 Å². The molecule has 1 heterocycles. The first-order valence-corrected chi connectivity index (χ1v) is 7.73. The molecule has 9 heteroatoms. The first kappa shape index (κ1) is 22.5. The molecule has 5 nitrogen and oxygen atoms in total. The summed E-state index contributed by atoms with van der Waals surface area (Å²) in [6, 6.07) is 4.74. The average Bonchev–Trinajstić information content (AvgIpc) is 2.57. The number of carbonyl (C=O) groups is 2.